The molecule has 0 saturated heterocycles. The van der Waals surface area contributed by atoms with Crippen molar-refractivity contribution in [2.24, 2.45) is 11.8 Å². The fraction of sp³-hybridized carbons (Fsp3) is 0.667. The van der Waals surface area contributed by atoms with Gasteiger partial charge in [-0.2, -0.15) is 0 Å². The van der Waals surface area contributed by atoms with Crippen LogP contribution in [0.15, 0.2) is 24.4 Å². The maximum atomic E-state index is 12.0. The zero-order valence-electron chi connectivity index (χ0n) is 14.0. The summed E-state index contributed by atoms with van der Waals surface area (Å²) in [6, 6.07) is 5.81. The number of carbonyl (C=O) groups excluding carboxylic acids is 1. The number of aromatic nitrogens is 1. The molecule has 1 saturated carbocycles. The Hall–Kier alpha value is -1.62. The molecule has 0 aliphatic heterocycles. The number of carbonyl (C=O) groups is 1. The summed E-state index contributed by atoms with van der Waals surface area (Å²) in [5.74, 6) is 0.581. The fourth-order valence-corrected chi connectivity index (χ4v) is 3.26. The van der Waals surface area contributed by atoms with Gasteiger partial charge >= 0.3 is 6.03 Å². The Morgan fingerprint density at radius 1 is 1.35 bits per heavy atom. The Labute approximate surface area is 138 Å². The van der Waals surface area contributed by atoms with Crippen LogP contribution in [0.25, 0.3) is 0 Å². The molecule has 5 heteroatoms. The molecule has 128 valence electrons. The zero-order chi connectivity index (χ0) is 16.5. The lowest BCUT2D eigenvalue weighted by Gasteiger charge is -2.28. The summed E-state index contributed by atoms with van der Waals surface area (Å²) in [6.07, 6.45) is 8.69. The molecule has 1 fully saturated rings. The van der Waals surface area contributed by atoms with E-state index in [1.165, 1.54) is 32.1 Å². The van der Waals surface area contributed by atoms with Crippen molar-refractivity contribution in [3.63, 3.8) is 0 Å². The summed E-state index contributed by atoms with van der Waals surface area (Å²) < 4.78 is 0. The van der Waals surface area contributed by atoms with Crippen molar-refractivity contribution in [1.82, 2.24) is 15.6 Å². The number of aliphatic hydroxyl groups is 1. The first-order valence-corrected chi connectivity index (χ1v) is 8.74. The Morgan fingerprint density at radius 3 is 2.78 bits per heavy atom. The molecule has 1 aliphatic carbocycles. The van der Waals surface area contributed by atoms with E-state index in [1.54, 1.807) is 6.20 Å². The molecule has 1 aromatic rings. The lowest BCUT2D eigenvalue weighted by atomic mass is 9.85. The van der Waals surface area contributed by atoms with Gasteiger partial charge in [0.25, 0.3) is 0 Å². The second kappa shape index (κ2) is 9.50. The lowest BCUT2D eigenvalue weighted by Crippen LogP contribution is -2.46. The van der Waals surface area contributed by atoms with Crippen molar-refractivity contribution < 1.29 is 9.90 Å². The van der Waals surface area contributed by atoms with E-state index in [4.69, 9.17) is 0 Å². The van der Waals surface area contributed by atoms with Crippen LogP contribution in [0, 0.1) is 11.8 Å². The lowest BCUT2D eigenvalue weighted by molar-refractivity contribution is 0.207. The Balaban J connectivity index is 1.71. The van der Waals surface area contributed by atoms with E-state index in [2.05, 4.69) is 22.5 Å². The van der Waals surface area contributed by atoms with Crippen LogP contribution in [0.5, 0.6) is 0 Å². The highest BCUT2D eigenvalue weighted by Crippen LogP contribution is 2.26. The average Bonchev–Trinajstić information content (AvgIpc) is 2.60. The van der Waals surface area contributed by atoms with Crippen molar-refractivity contribution in [2.75, 3.05) is 13.2 Å². The van der Waals surface area contributed by atoms with Crippen molar-refractivity contribution in [3.8, 4) is 0 Å². The van der Waals surface area contributed by atoms with Gasteiger partial charge in [0.1, 0.15) is 0 Å². The zero-order valence-corrected chi connectivity index (χ0v) is 14.0. The average molecular weight is 319 g/mol. The van der Waals surface area contributed by atoms with Crippen molar-refractivity contribution in [2.45, 2.75) is 51.5 Å². The molecule has 0 spiro atoms. The highest BCUT2D eigenvalue weighted by Gasteiger charge is 2.21. The maximum absolute atomic E-state index is 12.0. The van der Waals surface area contributed by atoms with Crippen molar-refractivity contribution in [1.29, 1.82) is 0 Å². The summed E-state index contributed by atoms with van der Waals surface area (Å²) in [5.41, 5.74) is 0.935. The van der Waals surface area contributed by atoms with Crippen molar-refractivity contribution in [3.05, 3.63) is 30.1 Å². The summed E-state index contributed by atoms with van der Waals surface area (Å²) in [4.78, 5) is 16.3. The number of nitrogens with zero attached hydrogens (tertiary/aromatic N) is 1. The SMILES string of the molecule is CC(NC(=O)NCC(CO)Cc1ccccn1)C1CCCCC1. The van der Waals surface area contributed by atoms with Gasteiger partial charge in [0, 0.05) is 37.0 Å². The molecule has 0 bridgehead atoms. The van der Waals surface area contributed by atoms with Gasteiger partial charge in [-0.1, -0.05) is 25.3 Å². The number of aliphatic hydroxyl groups excluding tert-OH is 1. The summed E-state index contributed by atoms with van der Waals surface area (Å²) >= 11 is 0. The molecule has 2 amide bonds. The molecule has 2 atom stereocenters. The smallest absolute Gasteiger partial charge is 0.315 e. The van der Waals surface area contributed by atoms with E-state index in [9.17, 15) is 9.90 Å². The highest BCUT2D eigenvalue weighted by molar-refractivity contribution is 5.74. The number of amides is 2. The minimum Gasteiger partial charge on any atom is -0.396 e. The van der Waals surface area contributed by atoms with Gasteiger partial charge in [-0.25, -0.2) is 4.79 Å². The van der Waals surface area contributed by atoms with Crippen LogP contribution in [0.4, 0.5) is 4.79 Å². The van der Waals surface area contributed by atoms with Gasteiger partial charge in [-0.15, -0.1) is 0 Å². The number of nitrogens with one attached hydrogen (secondary N) is 2. The molecule has 1 aliphatic rings. The fourth-order valence-electron chi connectivity index (χ4n) is 3.26. The van der Waals surface area contributed by atoms with Gasteiger partial charge in [0.2, 0.25) is 0 Å². The second-order valence-electron chi connectivity index (χ2n) is 6.61. The third-order valence-electron chi connectivity index (χ3n) is 4.75. The van der Waals surface area contributed by atoms with Gasteiger partial charge in [0.15, 0.2) is 0 Å². The topological polar surface area (TPSA) is 74.2 Å². The Kier molecular flexibility index (Phi) is 7.33. The van der Waals surface area contributed by atoms with Gasteiger partial charge in [0.05, 0.1) is 0 Å². The van der Waals surface area contributed by atoms with Crippen LogP contribution < -0.4 is 10.6 Å². The van der Waals surface area contributed by atoms with E-state index in [0.717, 1.165) is 5.69 Å². The van der Waals surface area contributed by atoms with Crippen LogP contribution in [-0.2, 0) is 6.42 Å². The van der Waals surface area contributed by atoms with Gasteiger partial charge in [-0.05, 0) is 44.2 Å². The minimum absolute atomic E-state index is 0.0133. The van der Waals surface area contributed by atoms with E-state index >= 15 is 0 Å². The normalized spacial score (nSPS) is 18.2. The number of urea groups is 1. The standard InChI is InChI=1S/C18H29N3O2/c1-14(16-7-3-2-4-8-16)21-18(23)20-12-15(13-22)11-17-9-5-6-10-19-17/h5-6,9-10,14-16,22H,2-4,7-8,11-13H2,1H3,(H2,20,21,23). The maximum Gasteiger partial charge on any atom is 0.315 e. The molecular formula is C18H29N3O2. The van der Waals surface area contributed by atoms with Crippen LogP contribution in [-0.4, -0.2) is 35.3 Å². The molecule has 0 aromatic carbocycles. The van der Waals surface area contributed by atoms with E-state index < -0.39 is 0 Å². The number of rotatable bonds is 7. The molecule has 2 rings (SSSR count). The van der Waals surface area contributed by atoms with Gasteiger partial charge in [-0.3, -0.25) is 4.98 Å². The number of pyridine rings is 1. The first-order valence-electron chi connectivity index (χ1n) is 8.74. The monoisotopic (exact) mass is 319 g/mol. The van der Waals surface area contributed by atoms with E-state index in [-0.39, 0.29) is 24.6 Å². The highest BCUT2D eigenvalue weighted by atomic mass is 16.3. The molecule has 2 unspecified atom stereocenters. The van der Waals surface area contributed by atoms with E-state index in [0.29, 0.717) is 18.9 Å². The molecule has 5 nitrogen and oxygen atoms in total. The molecular weight excluding hydrogens is 290 g/mol. The Bertz CT molecular complexity index is 461. The Morgan fingerprint density at radius 2 is 2.13 bits per heavy atom. The largest absolute Gasteiger partial charge is 0.396 e. The van der Waals surface area contributed by atoms with Crippen LogP contribution >= 0.6 is 0 Å². The van der Waals surface area contributed by atoms with E-state index in [1.807, 2.05) is 18.2 Å². The molecule has 1 aromatic heterocycles. The van der Waals surface area contributed by atoms with Crippen LogP contribution in [0.2, 0.25) is 0 Å². The number of hydrogen-bond acceptors (Lipinski definition) is 3. The van der Waals surface area contributed by atoms with Crippen molar-refractivity contribution >= 4 is 6.03 Å². The number of hydrogen-bond donors (Lipinski definition) is 3. The molecule has 0 radical (unpaired) electrons. The summed E-state index contributed by atoms with van der Waals surface area (Å²) in [5, 5.41) is 15.4. The third-order valence-corrected chi connectivity index (χ3v) is 4.75. The molecule has 23 heavy (non-hydrogen) atoms. The van der Waals surface area contributed by atoms with Gasteiger partial charge < -0.3 is 15.7 Å². The predicted molar refractivity (Wildman–Crippen MR) is 91.1 cm³/mol. The molecule has 3 N–H and O–H groups in total. The quantitative estimate of drug-likeness (QED) is 0.723. The first kappa shape index (κ1) is 17.7. The molecule has 1 heterocycles. The predicted octanol–water partition coefficient (Wildman–Crippen LogP) is 2.50. The second-order valence-corrected chi connectivity index (χ2v) is 6.61. The minimum atomic E-state index is -0.137. The first-order chi connectivity index (χ1) is 11.2. The summed E-state index contributed by atoms with van der Waals surface area (Å²) in [6.45, 7) is 2.58. The van der Waals surface area contributed by atoms with Crippen LogP contribution in [0.3, 0.4) is 0 Å². The summed E-state index contributed by atoms with van der Waals surface area (Å²) in [7, 11) is 0. The van der Waals surface area contributed by atoms with Crippen LogP contribution in [0.1, 0.15) is 44.7 Å². The third kappa shape index (κ3) is 6.18.